The normalized spacial score (nSPS) is 10.2. The summed E-state index contributed by atoms with van der Waals surface area (Å²) in [6, 6.07) is 11.8. The number of hydrogen-bond donors (Lipinski definition) is 1. The van der Waals surface area contributed by atoms with Gasteiger partial charge in [0, 0.05) is 9.75 Å². The first-order valence-corrected chi connectivity index (χ1v) is 6.02. The van der Waals surface area contributed by atoms with Gasteiger partial charge in [-0.1, -0.05) is 0 Å². The van der Waals surface area contributed by atoms with Crippen molar-refractivity contribution in [1.82, 2.24) is 0 Å². The van der Waals surface area contributed by atoms with E-state index in [1.54, 1.807) is 18.4 Å². The third-order valence-corrected chi connectivity index (χ3v) is 3.52. The molecule has 88 valence electrons. The van der Waals surface area contributed by atoms with E-state index < -0.39 is 0 Å². The van der Waals surface area contributed by atoms with Gasteiger partial charge >= 0.3 is 0 Å². The molecule has 0 unspecified atom stereocenters. The summed E-state index contributed by atoms with van der Waals surface area (Å²) in [5, 5.41) is 0. The van der Waals surface area contributed by atoms with Crippen molar-refractivity contribution in [3.05, 3.63) is 41.3 Å². The number of thiophene rings is 1. The minimum absolute atomic E-state index is 0.298. The van der Waals surface area contributed by atoms with E-state index in [9.17, 15) is 4.79 Å². The van der Waals surface area contributed by atoms with Crippen LogP contribution in [0.15, 0.2) is 36.4 Å². The number of nitrogens with two attached hydrogens (primary N) is 1. The van der Waals surface area contributed by atoms with Crippen LogP contribution in [0.25, 0.3) is 10.4 Å². The predicted octanol–water partition coefficient (Wildman–Crippen LogP) is 2.45. The Kier molecular flexibility index (Phi) is 3.44. The lowest BCUT2D eigenvalue weighted by Crippen LogP contribution is -2.12. The van der Waals surface area contributed by atoms with Crippen molar-refractivity contribution in [1.29, 1.82) is 0 Å². The molecule has 2 rings (SSSR count). The molecule has 2 N–H and O–H groups in total. The molecule has 0 saturated heterocycles. The van der Waals surface area contributed by atoms with Gasteiger partial charge in [-0.25, -0.2) is 0 Å². The number of benzene rings is 1. The molecule has 0 aliphatic rings. The zero-order valence-electron chi connectivity index (χ0n) is 9.47. The van der Waals surface area contributed by atoms with Crippen molar-refractivity contribution in [2.45, 2.75) is 6.42 Å². The van der Waals surface area contributed by atoms with Gasteiger partial charge in [0.25, 0.3) is 0 Å². The maximum atomic E-state index is 10.8. The van der Waals surface area contributed by atoms with Gasteiger partial charge in [0.05, 0.1) is 13.5 Å². The number of carbonyl (C=O) groups excluding carboxylic acids is 1. The molecule has 4 heteroatoms. The number of ether oxygens (including phenoxy) is 1. The smallest absolute Gasteiger partial charge is 0.222 e. The molecule has 1 aromatic heterocycles. The molecule has 0 fully saturated rings. The average molecular weight is 247 g/mol. The van der Waals surface area contributed by atoms with Crippen LogP contribution >= 0.6 is 11.3 Å². The summed E-state index contributed by atoms with van der Waals surface area (Å²) in [5.74, 6) is 0.538. The van der Waals surface area contributed by atoms with Gasteiger partial charge in [-0.2, -0.15) is 0 Å². The summed E-state index contributed by atoms with van der Waals surface area (Å²) >= 11 is 1.59. The molecule has 1 heterocycles. The van der Waals surface area contributed by atoms with E-state index in [4.69, 9.17) is 10.5 Å². The SMILES string of the molecule is COc1ccc(-c2ccc(CC(N)=O)s2)cc1. The molecule has 0 aliphatic carbocycles. The first-order valence-electron chi connectivity index (χ1n) is 5.20. The van der Waals surface area contributed by atoms with Gasteiger partial charge < -0.3 is 10.5 Å². The van der Waals surface area contributed by atoms with Gasteiger partial charge in [0.15, 0.2) is 0 Å². The number of carbonyl (C=O) groups is 1. The number of methoxy groups -OCH3 is 1. The lowest BCUT2D eigenvalue weighted by molar-refractivity contribution is -0.117. The van der Waals surface area contributed by atoms with Crippen molar-refractivity contribution in [2.24, 2.45) is 5.73 Å². The first kappa shape index (κ1) is 11.7. The predicted molar refractivity (Wildman–Crippen MR) is 69.2 cm³/mol. The van der Waals surface area contributed by atoms with Crippen molar-refractivity contribution >= 4 is 17.2 Å². The molecule has 17 heavy (non-hydrogen) atoms. The quantitative estimate of drug-likeness (QED) is 0.902. The fraction of sp³-hybridized carbons (Fsp3) is 0.154. The second-order valence-corrected chi connectivity index (χ2v) is 4.81. The summed E-state index contributed by atoms with van der Waals surface area (Å²) in [6.07, 6.45) is 0.306. The van der Waals surface area contributed by atoms with Crippen LogP contribution in [0.3, 0.4) is 0 Å². The Labute approximate surface area is 104 Å². The topological polar surface area (TPSA) is 52.3 Å². The van der Waals surface area contributed by atoms with E-state index in [1.807, 2.05) is 36.4 Å². The maximum absolute atomic E-state index is 10.8. The summed E-state index contributed by atoms with van der Waals surface area (Å²) < 4.78 is 5.11. The molecule has 0 radical (unpaired) electrons. The lowest BCUT2D eigenvalue weighted by Gasteiger charge is -2.00. The lowest BCUT2D eigenvalue weighted by atomic mass is 10.2. The van der Waals surface area contributed by atoms with Crippen LogP contribution in [-0.2, 0) is 11.2 Å². The van der Waals surface area contributed by atoms with Crippen LogP contribution in [0.2, 0.25) is 0 Å². The Bertz CT molecular complexity index is 516. The van der Waals surface area contributed by atoms with Crippen LogP contribution in [0.1, 0.15) is 4.88 Å². The number of amides is 1. The maximum Gasteiger partial charge on any atom is 0.222 e. The second kappa shape index (κ2) is 5.01. The molecular weight excluding hydrogens is 234 g/mol. The highest BCUT2D eigenvalue weighted by Crippen LogP contribution is 2.29. The van der Waals surface area contributed by atoms with Crippen LogP contribution in [0.5, 0.6) is 5.75 Å². The van der Waals surface area contributed by atoms with Gasteiger partial charge in [0.2, 0.25) is 5.91 Å². The largest absolute Gasteiger partial charge is 0.497 e. The number of rotatable bonds is 4. The summed E-state index contributed by atoms with van der Waals surface area (Å²) in [5.41, 5.74) is 6.28. The highest BCUT2D eigenvalue weighted by atomic mass is 32.1. The summed E-state index contributed by atoms with van der Waals surface area (Å²) in [4.78, 5) is 12.9. The van der Waals surface area contributed by atoms with Crippen molar-refractivity contribution in [2.75, 3.05) is 7.11 Å². The molecule has 1 aromatic carbocycles. The zero-order chi connectivity index (χ0) is 12.3. The fourth-order valence-corrected chi connectivity index (χ4v) is 2.58. The van der Waals surface area contributed by atoms with E-state index in [0.717, 1.165) is 21.1 Å². The van der Waals surface area contributed by atoms with Crippen LogP contribution in [-0.4, -0.2) is 13.0 Å². The molecule has 3 nitrogen and oxygen atoms in total. The standard InChI is InChI=1S/C13H13NO2S/c1-16-10-4-2-9(3-5-10)12-7-6-11(17-12)8-13(14)15/h2-7H,8H2,1H3,(H2,14,15). The second-order valence-electron chi connectivity index (χ2n) is 3.64. The van der Waals surface area contributed by atoms with Gasteiger partial charge in [-0.3, -0.25) is 4.79 Å². The van der Waals surface area contributed by atoms with Gasteiger partial charge in [-0.05, 0) is 42.0 Å². The van der Waals surface area contributed by atoms with Crippen molar-refractivity contribution < 1.29 is 9.53 Å². The van der Waals surface area contributed by atoms with E-state index in [0.29, 0.717) is 6.42 Å². The van der Waals surface area contributed by atoms with E-state index in [-0.39, 0.29) is 5.91 Å². The molecular formula is C13H13NO2S. The monoisotopic (exact) mass is 247 g/mol. The summed E-state index contributed by atoms with van der Waals surface area (Å²) in [7, 11) is 1.64. The third kappa shape index (κ3) is 2.85. The highest BCUT2D eigenvalue weighted by molar-refractivity contribution is 7.15. The highest BCUT2D eigenvalue weighted by Gasteiger charge is 2.05. The zero-order valence-corrected chi connectivity index (χ0v) is 10.3. The number of hydrogen-bond acceptors (Lipinski definition) is 3. The minimum Gasteiger partial charge on any atom is -0.497 e. The van der Waals surface area contributed by atoms with Gasteiger partial charge in [-0.15, -0.1) is 11.3 Å². The van der Waals surface area contributed by atoms with E-state index in [1.165, 1.54) is 0 Å². The average Bonchev–Trinajstić information content (AvgIpc) is 2.77. The third-order valence-electron chi connectivity index (χ3n) is 2.38. The Balaban J connectivity index is 2.21. The van der Waals surface area contributed by atoms with E-state index >= 15 is 0 Å². The molecule has 1 amide bonds. The molecule has 0 saturated carbocycles. The summed E-state index contributed by atoms with van der Waals surface area (Å²) in [6.45, 7) is 0. The van der Waals surface area contributed by atoms with Crippen LogP contribution in [0, 0.1) is 0 Å². The van der Waals surface area contributed by atoms with Crippen molar-refractivity contribution in [3.8, 4) is 16.2 Å². The van der Waals surface area contributed by atoms with E-state index in [2.05, 4.69) is 0 Å². The van der Waals surface area contributed by atoms with Crippen LogP contribution < -0.4 is 10.5 Å². The van der Waals surface area contributed by atoms with Crippen molar-refractivity contribution in [3.63, 3.8) is 0 Å². The minimum atomic E-state index is -0.298. The molecule has 0 spiro atoms. The Morgan fingerprint density at radius 2 is 1.94 bits per heavy atom. The Morgan fingerprint density at radius 1 is 1.24 bits per heavy atom. The first-order chi connectivity index (χ1) is 8.19. The molecule has 2 aromatic rings. The Hall–Kier alpha value is -1.81. The molecule has 0 atom stereocenters. The Morgan fingerprint density at radius 3 is 2.53 bits per heavy atom. The molecule has 0 aliphatic heterocycles. The van der Waals surface area contributed by atoms with Gasteiger partial charge in [0.1, 0.15) is 5.75 Å². The van der Waals surface area contributed by atoms with Crippen LogP contribution in [0.4, 0.5) is 0 Å². The molecule has 0 bridgehead atoms. The number of primary amides is 1. The fourth-order valence-electron chi connectivity index (χ4n) is 1.56.